The molecule has 4 atom stereocenters. The monoisotopic (exact) mass is 336 g/mol. The number of fused-ring (bicyclic) bond motifs is 1. The van der Waals surface area contributed by atoms with Crippen molar-refractivity contribution in [2.75, 3.05) is 25.1 Å². The molecular formula is C16H20N2O6. The minimum Gasteiger partial charge on any atom is -0.423 e. The van der Waals surface area contributed by atoms with Gasteiger partial charge in [0.25, 0.3) is 0 Å². The summed E-state index contributed by atoms with van der Waals surface area (Å²) in [4.78, 5) is 11.3. The van der Waals surface area contributed by atoms with Crippen molar-refractivity contribution in [3.63, 3.8) is 0 Å². The number of benzene rings is 1. The van der Waals surface area contributed by atoms with Crippen molar-refractivity contribution in [2.45, 2.75) is 24.5 Å². The summed E-state index contributed by atoms with van der Waals surface area (Å²) < 4.78 is 10.4. The van der Waals surface area contributed by atoms with Gasteiger partial charge in [-0.3, -0.25) is 5.32 Å². The molecule has 0 spiro atoms. The summed E-state index contributed by atoms with van der Waals surface area (Å²) in [5, 5.41) is 36.6. The molecule has 2 aromatic rings. The first-order valence-corrected chi connectivity index (χ1v) is 7.71. The molecule has 1 aromatic heterocycles. The summed E-state index contributed by atoms with van der Waals surface area (Å²) >= 11 is 0. The van der Waals surface area contributed by atoms with Crippen molar-refractivity contribution < 1.29 is 24.5 Å². The van der Waals surface area contributed by atoms with Crippen LogP contribution in [0.4, 0.5) is 5.69 Å². The molecule has 0 saturated carbocycles. The highest BCUT2D eigenvalue weighted by molar-refractivity contribution is 5.80. The van der Waals surface area contributed by atoms with Gasteiger partial charge in [-0.15, -0.1) is 0 Å². The van der Waals surface area contributed by atoms with Gasteiger partial charge >= 0.3 is 5.63 Å². The largest absolute Gasteiger partial charge is 0.423 e. The van der Waals surface area contributed by atoms with E-state index in [0.717, 1.165) is 5.39 Å². The van der Waals surface area contributed by atoms with Crippen LogP contribution in [0, 0.1) is 0 Å². The van der Waals surface area contributed by atoms with Crippen LogP contribution >= 0.6 is 0 Å². The van der Waals surface area contributed by atoms with E-state index < -0.39 is 30.1 Å². The maximum absolute atomic E-state index is 11.3. The molecule has 1 fully saturated rings. The van der Waals surface area contributed by atoms with Gasteiger partial charge in [0.1, 0.15) is 30.1 Å². The fourth-order valence-electron chi connectivity index (χ4n) is 2.69. The van der Waals surface area contributed by atoms with Gasteiger partial charge in [0.05, 0.1) is 13.2 Å². The van der Waals surface area contributed by atoms with Crippen LogP contribution in [0.3, 0.4) is 0 Å². The highest BCUT2D eigenvalue weighted by Gasteiger charge is 2.34. The van der Waals surface area contributed by atoms with Crippen LogP contribution in [0.15, 0.2) is 39.5 Å². The molecule has 1 aliphatic heterocycles. The van der Waals surface area contributed by atoms with Gasteiger partial charge in [0.15, 0.2) is 0 Å². The van der Waals surface area contributed by atoms with E-state index in [1.54, 1.807) is 24.3 Å². The second kappa shape index (κ2) is 7.29. The molecule has 1 aromatic carbocycles. The normalized spacial score (nSPS) is 28.3. The van der Waals surface area contributed by atoms with Crippen LogP contribution in [-0.2, 0) is 4.74 Å². The Morgan fingerprint density at radius 1 is 1.21 bits per heavy atom. The third-order valence-electron chi connectivity index (χ3n) is 4.00. The number of anilines is 1. The average Bonchev–Trinajstić information content (AvgIpc) is 2.58. The summed E-state index contributed by atoms with van der Waals surface area (Å²) in [6.07, 6.45) is -3.97. The molecule has 130 valence electrons. The van der Waals surface area contributed by atoms with Crippen LogP contribution < -0.4 is 16.3 Å². The van der Waals surface area contributed by atoms with E-state index in [1.807, 2.05) is 0 Å². The third kappa shape index (κ3) is 3.58. The lowest BCUT2D eigenvalue weighted by molar-refractivity contribution is -0.121. The molecule has 3 unspecified atom stereocenters. The number of ether oxygens (including phenoxy) is 1. The maximum Gasteiger partial charge on any atom is 0.336 e. The topological polar surface area (TPSA) is 124 Å². The highest BCUT2D eigenvalue weighted by Crippen LogP contribution is 2.20. The van der Waals surface area contributed by atoms with Gasteiger partial charge in [0, 0.05) is 29.8 Å². The summed E-state index contributed by atoms with van der Waals surface area (Å²) in [7, 11) is 0. The van der Waals surface area contributed by atoms with E-state index in [1.165, 1.54) is 6.07 Å². The SMILES string of the molecule is O=c1ccc2ccc(NC3NCCOC(CO)[C@@H](O)C3O)cc2o1. The summed E-state index contributed by atoms with van der Waals surface area (Å²) in [5.41, 5.74) is 0.592. The molecule has 2 heterocycles. The Bertz CT molecular complexity index is 749. The number of aliphatic hydroxyl groups excluding tert-OH is 3. The fraction of sp³-hybridized carbons (Fsp3) is 0.438. The van der Waals surface area contributed by atoms with E-state index in [0.29, 0.717) is 24.4 Å². The van der Waals surface area contributed by atoms with Crippen LogP contribution in [0.5, 0.6) is 0 Å². The lowest BCUT2D eigenvalue weighted by Crippen LogP contribution is -2.58. The number of hydrogen-bond acceptors (Lipinski definition) is 8. The smallest absolute Gasteiger partial charge is 0.336 e. The number of rotatable bonds is 3. The summed E-state index contributed by atoms with van der Waals surface area (Å²) in [6, 6.07) is 8.23. The van der Waals surface area contributed by atoms with Crippen LogP contribution in [0.25, 0.3) is 11.0 Å². The lowest BCUT2D eigenvalue weighted by Gasteiger charge is -2.35. The van der Waals surface area contributed by atoms with Gasteiger partial charge in [0.2, 0.25) is 0 Å². The second-order valence-electron chi connectivity index (χ2n) is 5.66. The molecule has 8 heteroatoms. The molecule has 3 rings (SSSR count). The third-order valence-corrected chi connectivity index (χ3v) is 4.00. The average molecular weight is 336 g/mol. The standard InChI is InChI=1S/C16H20N2O6/c19-8-12-14(21)15(22)16(17-5-6-23-12)18-10-3-1-9-2-4-13(20)24-11(9)7-10/h1-4,7,12,14-19,21-22H,5-6,8H2/t12?,14-,15?,16?/m1/s1. The zero-order chi connectivity index (χ0) is 17.1. The molecule has 5 N–H and O–H groups in total. The Morgan fingerprint density at radius 3 is 2.79 bits per heavy atom. The number of nitrogens with one attached hydrogen (secondary N) is 2. The quantitative estimate of drug-likeness (QED) is 0.463. The molecule has 0 amide bonds. The van der Waals surface area contributed by atoms with E-state index >= 15 is 0 Å². The van der Waals surface area contributed by atoms with Crippen molar-refractivity contribution in [1.82, 2.24) is 5.32 Å². The summed E-state index contributed by atoms with van der Waals surface area (Å²) in [6.45, 7) is 0.340. The van der Waals surface area contributed by atoms with E-state index in [4.69, 9.17) is 9.15 Å². The first-order chi connectivity index (χ1) is 11.6. The second-order valence-corrected chi connectivity index (χ2v) is 5.66. The molecule has 1 aliphatic rings. The van der Waals surface area contributed by atoms with Crippen molar-refractivity contribution >= 4 is 16.7 Å². The van der Waals surface area contributed by atoms with Crippen LogP contribution in [-0.4, -0.2) is 59.6 Å². The number of hydrogen-bond donors (Lipinski definition) is 5. The molecular weight excluding hydrogens is 316 g/mol. The molecule has 0 bridgehead atoms. The van der Waals surface area contributed by atoms with Crippen molar-refractivity contribution in [3.05, 3.63) is 40.8 Å². The number of aliphatic hydroxyl groups is 3. The first kappa shape index (κ1) is 16.9. The van der Waals surface area contributed by atoms with E-state index in [9.17, 15) is 20.1 Å². The van der Waals surface area contributed by atoms with E-state index in [2.05, 4.69) is 10.6 Å². The van der Waals surface area contributed by atoms with Crippen molar-refractivity contribution in [2.24, 2.45) is 0 Å². The van der Waals surface area contributed by atoms with Crippen molar-refractivity contribution in [1.29, 1.82) is 0 Å². The Kier molecular flexibility index (Phi) is 5.12. The van der Waals surface area contributed by atoms with Gasteiger partial charge in [-0.2, -0.15) is 0 Å². The molecule has 0 radical (unpaired) electrons. The minimum atomic E-state index is -1.25. The summed E-state index contributed by atoms with van der Waals surface area (Å²) in [5.74, 6) is 0. The van der Waals surface area contributed by atoms with Gasteiger partial charge in [-0.05, 0) is 18.2 Å². The molecule has 24 heavy (non-hydrogen) atoms. The zero-order valence-electron chi connectivity index (χ0n) is 12.9. The fourth-order valence-corrected chi connectivity index (χ4v) is 2.69. The Labute approximate surface area is 137 Å². The van der Waals surface area contributed by atoms with Crippen LogP contribution in [0.2, 0.25) is 0 Å². The predicted octanol–water partition coefficient (Wildman–Crippen LogP) is -0.766. The molecule has 0 aliphatic carbocycles. The van der Waals surface area contributed by atoms with Crippen molar-refractivity contribution in [3.8, 4) is 0 Å². The maximum atomic E-state index is 11.3. The lowest BCUT2D eigenvalue weighted by atomic mass is 10.0. The molecule has 1 saturated heterocycles. The predicted molar refractivity (Wildman–Crippen MR) is 86.7 cm³/mol. The van der Waals surface area contributed by atoms with E-state index in [-0.39, 0.29) is 6.61 Å². The van der Waals surface area contributed by atoms with Gasteiger partial charge in [-0.1, -0.05) is 0 Å². The Balaban J connectivity index is 1.81. The minimum absolute atomic E-state index is 0.291. The van der Waals surface area contributed by atoms with Gasteiger partial charge < -0.3 is 29.8 Å². The van der Waals surface area contributed by atoms with Crippen LogP contribution in [0.1, 0.15) is 0 Å². The zero-order valence-corrected chi connectivity index (χ0v) is 12.9. The first-order valence-electron chi connectivity index (χ1n) is 7.71. The van der Waals surface area contributed by atoms with Gasteiger partial charge in [-0.25, -0.2) is 4.79 Å². The Morgan fingerprint density at radius 2 is 2.00 bits per heavy atom. The molecule has 8 nitrogen and oxygen atoms in total. The Hall–Kier alpha value is -1.97. The highest BCUT2D eigenvalue weighted by atomic mass is 16.5.